The molecule has 3 aromatic heterocycles. The summed E-state index contributed by atoms with van der Waals surface area (Å²) in [5, 5.41) is 4.65. The van der Waals surface area contributed by atoms with Crippen molar-refractivity contribution in [3.8, 4) is 17.5 Å². The van der Waals surface area contributed by atoms with Gasteiger partial charge in [-0.25, -0.2) is 14.8 Å². The van der Waals surface area contributed by atoms with E-state index in [4.69, 9.17) is 18.7 Å². The Balaban J connectivity index is 1.32. The van der Waals surface area contributed by atoms with E-state index in [0.29, 0.717) is 53.6 Å². The van der Waals surface area contributed by atoms with Crippen LogP contribution in [0.2, 0.25) is 0 Å². The number of hydrogen-bond acceptors (Lipinski definition) is 9. The molecule has 1 fully saturated rings. The first kappa shape index (κ1) is 20.9. The summed E-state index contributed by atoms with van der Waals surface area (Å²) >= 11 is 0. The van der Waals surface area contributed by atoms with Crippen LogP contribution in [0.5, 0.6) is 17.5 Å². The third-order valence-corrected chi connectivity index (χ3v) is 5.05. The monoisotopic (exact) mass is 449 g/mol. The zero-order chi connectivity index (χ0) is 23.0. The first-order chi connectivity index (χ1) is 15.8. The molecule has 1 amide bonds. The molecule has 1 aliphatic rings. The number of hydrogen-bond donors (Lipinski definition) is 0. The van der Waals surface area contributed by atoms with Gasteiger partial charge in [-0.05, 0) is 39.0 Å². The lowest BCUT2D eigenvalue weighted by molar-refractivity contribution is 0.0275. The molecule has 4 heterocycles. The molecule has 1 saturated heterocycles. The fraction of sp³-hybridized carbons (Fsp3) is 0.348. The zero-order valence-electron chi connectivity index (χ0n) is 18.5. The number of rotatable bonds is 4. The standard InChI is InChI=1S/C23H23N5O5/c1-23(2,3)32-22(29)28-9-8-16(12-28)30-19-7-6-17-20(27-19)21(25-13-24-17)31-15-5-4-14-11-26-33-18(14)10-15/h4-7,10-11,13,16H,8-9,12H2,1-3H3/t16-/m0/s1. The number of nitrogens with zero attached hydrogens (tertiary/aromatic N) is 5. The lowest BCUT2D eigenvalue weighted by Crippen LogP contribution is -2.36. The van der Waals surface area contributed by atoms with E-state index in [0.717, 1.165) is 5.39 Å². The fourth-order valence-corrected chi connectivity index (χ4v) is 3.54. The van der Waals surface area contributed by atoms with Gasteiger partial charge in [0, 0.05) is 30.5 Å². The van der Waals surface area contributed by atoms with Crippen molar-refractivity contribution in [2.45, 2.75) is 38.9 Å². The quantitative estimate of drug-likeness (QED) is 0.449. The Labute approximate surface area is 189 Å². The van der Waals surface area contributed by atoms with Crippen molar-refractivity contribution in [2.75, 3.05) is 13.1 Å². The van der Waals surface area contributed by atoms with Gasteiger partial charge < -0.3 is 23.6 Å². The fourth-order valence-electron chi connectivity index (χ4n) is 3.54. The predicted octanol–water partition coefficient (Wildman–Crippen LogP) is 4.35. The lowest BCUT2D eigenvalue weighted by Gasteiger charge is -2.24. The maximum Gasteiger partial charge on any atom is 0.410 e. The van der Waals surface area contributed by atoms with E-state index in [1.54, 1.807) is 35.4 Å². The Morgan fingerprint density at radius 3 is 2.91 bits per heavy atom. The van der Waals surface area contributed by atoms with E-state index in [-0.39, 0.29) is 12.2 Å². The number of ether oxygens (including phenoxy) is 3. The maximum atomic E-state index is 12.3. The molecule has 4 aromatic rings. The molecule has 5 rings (SSSR count). The van der Waals surface area contributed by atoms with Gasteiger partial charge in [0.1, 0.15) is 23.8 Å². The molecule has 33 heavy (non-hydrogen) atoms. The van der Waals surface area contributed by atoms with Crippen molar-refractivity contribution in [3.05, 3.63) is 42.9 Å². The number of carbonyl (C=O) groups is 1. The number of pyridine rings is 1. The van der Waals surface area contributed by atoms with Crippen molar-refractivity contribution in [2.24, 2.45) is 0 Å². The third-order valence-electron chi connectivity index (χ3n) is 5.05. The van der Waals surface area contributed by atoms with Crippen LogP contribution < -0.4 is 9.47 Å². The maximum absolute atomic E-state index is 12.3. The number of fused-ring (bicyclic) bond motifs is 2. The summed E-state index contributed by atoms with van der Waals surface area (Å²) in [5.41, 5.74) is 1.16. The van der Waals surface area contributed by atoms with Crippen molar-refractivity contribution in [1.29, 1.82) is 0 Å². The van der Waals surface area contributed by atoms with E-state index in [9.17, 15) is 4.79 Å². The number of aromatic nitrogens is 4. The van der Waals surface area contributed by atoms with Crippen LogP contribution in [0.1, 0.15) is 27.2 Å². The first-order valence-electron chi connectivity index (χ1n) is 10.6. The molecule has 0 spiro atoms. The molecule has 10 heteroatoms. The smallest absolute Gasteiger partial charge is 0.410 e. The van der Waals surface area contributed by atoms with E-state index in [2.05, 4.69) is 20.1 Å². The van der Waals surface area contributed by atoms with Crippen molar-refractivity contribution < 1.29 is 23.5 Å². The third kappa shape index (κ3) is 4.64. The van der Waals surface area contributed by atoms with Crippen molar-refractivity contribution >= 4 is 28.1 Å². The van der Waals surface area contributed by atoms with E-state index >= 15 is 0 Å². The minimum absolute atomic E-state index is 0.190. The lowest BCUT2D eigenvalue weighted by atomic mass is 10.2. The highest BCUT2D eigenvalue weighted by molar-refractivity contribution is 5.80. The van der Waals surface area contributed by atoms with Gasteiger partial charge in [0.05, 0.1) is 18.3 Å². The number of likely N-dealkylation sites (tertiary alicyclic amines) is 1. The second-order valence-electron chi connectivity index (χ2n) is 8.78. The summed E-state index contributed by atoms with van der Waals surface area (Å²) in [6.07, 6.45) is 3.21. The topological polar surface area (TPSA) is 113 Å². The summed E-state index contributed by atoms with van der Waals surface area (Å²) in [7, 11) is 0. The van der Waals surface area contributed by atoms with Gasteiger partial charge in [-0.2, -0.15) is 4.98 Å². The normalized spacial score (nSPS) is 16.3. The molecule has 0 aliphatic carbocycles. The second-order valence-corrected chi connectivity index (χ2v) is 8.78. The average molecular weight is 449 g/mol. The van der Waals surface area contributed by atoms with Gasteiger partial charge >= 0.3 is 6.09 Å². The molecular formula is C23H23N5O5. The van der Waals surface area contributed by atoms with Crippen molar-refractivity contribution in [1.82, 2.24) is 25.0 Å². The summed E-state index contributed by atoms with van der Waals surface area (Å²) in [6, 6.07) is 8.93. The molecule has 1 atom stereocenters. The minimum Gasteiger partial charge on any atom is -0.472 e. The van der Waals surface area contributed by atoms with E-state index < -0.39 is 5.60 Å². The van der Waals surface area contributed by atoms with Crippen LogP contribution in [-0.2, 0) is 4.74 Å². The van der Waals surface area contributed by atoms with Crippen LogP contribution in [0.4, 0.5) is 4.79 Å². The molecule has 1 aromatic carbocycles. The Morgan fingerprint density at radius 2 is 2.06 bits per heavy atom. The highest BCUT2D eigenvalue weighted by Crippen LogP contribution is 2.29. The largest absolute Gasteiger partial charge is 0.472 e. The Hall–Kier alpha value is -3.95. The summed E-state index contributed by atoms with van der Waals surface area (Å²) < 4.78 is 22.7. The van der Waals surface area contributed by atoms with Gasteiger partial charge in [0.15, 0.2) is 11.1 Å². The average Bonchev–Trinajstić information content (AvgIpc) is 3.42. The Kier molecular flexibility index (Phi) is 5.20. The predicted molar refractivity (Wildman–Crippen MR) is 118 cm³/mol. The number of amides is 1. The summed E-state index contributed by atoms with van der Waals surface area (Å²) in [4.78, 5) is 27.0. The second kappa shape index (κ2) is 8.19. The zero-order valence-corrected chi connectivity index (χ0v) is 18.5. The Morgan fingerprint density at radius 1 is 1.18 bits per heavy atom. The highest BCUT2D eigenvalue weighted by atomic mass is 16.6. The molecule has 1 aliphatic heterocycles. The molecule has 0 unspecified atom stereocenters. The SMILES string of the molecule is CC(C)(C)OC(=O)N1CC[C@H](Oc2ccc3ncnc(Oc4ccc5cnoc5c4)c3n2)C1. The Bertz CT molecular complexity index is 1320. The van der Waals surface area contributed by atoms with Gasteiger partial charge in [0.2, 0.25) is 11.8 Å². The number of carbonyl (C=O) groups excluding carboxylic acids is 1. The van der Waals surface area contributed by atoms with Gasteiger partial charge in [-0.1, -0.05) is 5.16 Å². The van der Waals surface area contributed by atoms with Crippen LogP contribution >= 0.6 is 0 Å². The van der Waals surface area contributed by atoms with Crippen molar-refractivity contribution in [3.63, 3.8) is 0 Å². The van der Waals surface area contributed by atoms with Crippen LogP contribution in [0.15, 0.2) is 47.4 Å². The van der Waals surface area contributed by atoms with Gasteiger partial charge in [-0.3, -0.25) is 0 Å². The summed E-state index contributed by atoms with van der Waals surface area (Å²) in [6.45, 7) is 6.53. The molecule has 10 nitrogen and oxygen atoms in total. The van der Waals surface area contributed by atoms with Gasteiger partial charge in [0.25, 0.3) is 0 Å². The van der Waals surface area contributed by atoms with E-state index in [1.165, 1.54) is 6.33 Å². The first-order valence-corrected chi connectivity index (χ1v) is 10.6. The van der Waals surface area contributed by atoms with Gasteiger partial charge in [-0.15, -0.1) is 0 Å². The van der Waals surface area contributed by atoms with Crippen LogP contribution in [0, 0.1) is 0 Å². The summed E-state index contributed by atoms with van der Waals surface area (Å²) in [5.74, 6) is 1.24. The molecule has 0 bridgehead atoms. The van der Waals surface area contributed by atoms with Crippen LogP contribution in [-0.4, -0.2) is 55.9 Å². The highest BCUT2D eigenvalue weighted by Gasteiger charge is 2.31. The molecular weight excluding hydrogens is 426 g/mol. The molecule has 0 radical (unpaired) electrons. The van der Waals surface area contributed by atoms with Crippen LogP contribution in [0.3, 0.4) is 0 Å². The number of benzene rings is 1. The molecule has 0 N–H and O–H groups in total. The van der Waals surface area contributed by atoms with Crippen LogP contribution in [0.25, 0.3) is 22.0 Å². The molecule has 0 saturated carbocycles. The molecule has 170 valence electrons. The minimum atomic E-state index is -0.537. The van der Waals surface area contributed by atoms with E-state index in [1.807, 2.05) is 26.8 Å².